The predicted molar refractivity (Wildman–Crippen MR) is 92.0 cm³/mol. The number of halogens is 2. The minimum Gasteiger partial charge on any atom is -0.359 e. The van der Waals surface area contributed by atoms with Crippen LogP contribution < -0.4 is 5.32 Å². The number of hydrogen-bond acceptors (Lipinski definition) is 5. The molecule has 0 radical (unpaired) electrons. The van der Waals surface area contributed by atoms with Crippen molar-refractivity contribution < 1.29 is 9.59 Å². The van der Waals surface area contributed by atoms with Gasteiger partial charge in [-0.2, -0.15) is 0 Å². The van der Waals surface area contributed by atoms with Crippen molar-refractivity contribution in [3.8, 4) is 0 Å². The molecule has 1 saturated heterocycles. The lowest BCUT2D eigenvalue weighted by molar-refractivity contribution is -0.137. The van der Waals surface area contributed by atoms with Crippen molar-refractivity contribution in [1.82, 2.24) is 20.0 Å². The van der Waals surface area contributed by atoms with Crippen LogP contribution in [0.4, 0.5) is 4.79 Å². The Morgan fingerprint density at radius 2 is 1.88 bits per heavy atom. The Labute approximate surface area is 149 Å². The molecule has 3 amide bonds. The molecule has 1 aromatic rings. The van der Waals surface area contributed by atoms with Crippen LogP contribution >= 0.6 is 23.2 Å². The molecule has 0 spiro atoms. The number of carbonyl (C=O) groups excluding carboxylic acids is 2. The number of carbonyl (C=O) groups is 2. The largest absolute Gasteiger partial charge is 0.359 e. The van der Waals surface area contributed by atoms with Gasteiger partial charge in [0.25, 0.3) is 5.91 Å². The number of benzene rings is 1. The zero-order valence-corrected chi connectivity index (χ0v) is 15.0. The Bertz CT molecular complexity index is 739. The Kier molecular flexibility index (Phi) is 4.31. The smallest absolute Gasteiger partial charge is 0.328 e. The zero-order chi connectivity index (χ0) is 17.6. The van der Waals surface area contributed by atoms with Crippen molar-refractivity contribution in [2.24, 2.45) is 4.99 Å². The molecule has 1 N–H and O–H groups in total. The Balaban J connectivity index is 1.88. The van der Waals surface area contributed by atoms with Gasteiger partial charge in [-0.05, 0) is 17.7 Å². The van der Waals surface area contributed by atoms with Crippen LogP contribution in [0.1, 0.15) is 5.56 Å². The third kappa shape index (κ3) is 2.57. The third-order valence-electron chi connectivity index (χ3n) is 4.29. The van der Waals surface area contributed by atoms with Gasteiger partial charge in [0.1, 0.15) is 0 Å². The molecule has 0 aromatic heterocycles. The fourth-order valence-electron chi connectivity index (χ4n) is 2.97. The fraction of sp³-hybridized carbons (Fsp3) is 0.400. The second-order valence-electron chi connectivity index (χ2n) is 5.74. The van der Waals surface area contributed by atoms with E-state index in [1.807, 2.05) is 0 Å². The Morgan fingerprint density at radius 1 is 1.17 bits per heavy atom. The molecule has 0 aliphatic carbocycles. The molecule has 0 saturated carbocycles. The van der Waals surface area contributed by atoms with E-state index in [4.69, 9.17) is 23.2 Å². The minimum atomic E-state index is -0.544. The van der Waals surface area contributed by atoms with E-state index in [1.54, 1.807) is 44.2 Å². The number of hydrogen-bond donors (Lipinski definition) is 1. The molecule has 0 bridgehead atoms. The summed E-state index contributed by atoms with van der Waals surface area (Å²) in [4.78, 5) is 34.3. The van der Waals surface area contributed by atoms with E-state index in [9.17, 15) is 9.59 Å². The average molecular weight is 370 g/mol. The first-order chi connectivity index (χ1) is 11.3. The minimum absolute atomic E-state index is 0.130. The molecular weight excluding hydrogens is 353 g/mol. The van der Waals surface area contributed by atoms with E-state index in [1.165, 1.54) is 9.80 Å². The highest BCUT2D eigenvalue weighted by molar-refractivity contribution is 6.42. The first-order valence-electron chi connectivity index (χ1n) is 7.35. The second-order valence-corrected chi connectivity index (χ2v) is 6.55. The summed E-state index contributed by atoms with van der Waals surface area (Å²) in [5.74, 6) is 0.292. The maximum atomic E-state index is 12.9. The molecule has 1 aromatic carbocycles. The summed E-state index contributed by atoms with van der Waals surface area (Å²) in [7, 11) is 5.15. The number of aliphatic imine (C=N–C) groups is 1. The van der Waals surface area contributed by atoms with Crippen molar-refractivity contribution in [3.63, 3.8) is 0 Å². The number of rotatable bonds is 2. The maximum Gasteiger partial charge on any atom is 0.328 e. The normalized spacial score (nSPS) is 23.5. The average Bonchev–Trinajstić information content (AvgIpc) is 2.89. The van der Waals surface area contributed by atoms with Gasteiger partial charge in [-0.25, -0.2) is 9.79 Å². The lowest BCUT2D eigenvalue weighted by Crippen LogP contribution is -2.64. The topological polar surface area (TPSA) is 68.2 Å². The standard InChI is InChI=1S/C15H17Cl2N5O2/c1-18-14-19-12-11(20(14)2)13(23)22(15(24)21(12)3)7-8-4-5-9(16)10(17)6-8/h4-6,11-12H,7H2,1-3H3,(H,18,19). The highest BCUT2D eigenvalue weighted by Gasteiger charge is 2.50. The SMILES string of the molecule is CNC1=NC2C(C(=O)N(Cc3ccc(Cl)c(Cl)c3)C(=O)N2C)N1C. The highest BCUT2D eigenvalue weighted by Crippen LogP contribution is 2.28. The van der Waals surface area contributed by atoms with E-state index in [0.29, 0.717) is 16.0 Å². The van der Waals surface area contributed by atoms with Crippen LogP contribution in [0.2, 0.25) is 10.0 Å². The fourth-order valence-corrected chi connectivity index (χ4v) is 3.30. The van der Waals surface area contributed by atoms with Crippen LogP contribution in [-0.4, -0.2) is 65.9 Å². The number of urea groups is 1. The number of nitrogens with one attached hydrogen (secondary N) is 1. The van der Waals surface area contributed by atoms with Gasteiger partial charge in [0.2, 0.25) is 0 Å². The number of nitrogens with zero attached hydrogens (tertiary/aromatic N) is 4. The molecule has 1 fully saturated rings. The van der Waals surface area contributed by atoms with Crippen LogP contribution in [0.25, 0.3) is 0 Å². The van der Waals surface area contributed by atoms with Gasteiger partial charge >= 0.3 is 6.03 Å². The Hall–Kier alpha value is -1.99. The van der Waals surface area contributed by atoms with Crippen LogP contribution in [0, 0.1) is 0 Å². The van der Waals surface area contributed by atoms with Crippen LogP contribution in [0.15, 0.2) is 23.2 Å². The van der Waals surface area contributed by atoms with E-state index >= 15 is 0 Å². The van der Waals surface area contributed by atoms with E-state index in [-0.39, 0.29) is 18.5 Å². The molecule has 2 aliphatic rings. The predicted octanol–water partition coefficient (Wildman–Crippen LogP) is 1.60. The number of guanidine groups is 1. The summed E-state index contributed by atoms with van der Waals surface area (Å²) in [5.41, 5.74) is 0.730. The lowest BCUT2D eigenvalue weighted by Gasteiger charge is -2.40. The second kappa shape index (κ2) is 6.14. The van der Waals surface area contributed by atoms with Crippen molar-refractivity contribution in [3.05, 3.63) is 33.8 Å². The van der Waals surface area contributed by atoms with Gasteiger partial charge < -0.3 is 15.1 Å². The summed E-state index contributed by atoms with van der Waals surface area (Å²) >= 11 is 11.9. The Morgan fingerprint density at radius 3 is 2.50 bits per heavy atom. The van der Waals surface area contributed by atoms with E-state index in [2.05, 4.69) is 10.3 Å². The third-order valence-corrected chi connectivity index (χ3v) is 5.02. The number of imide groups is 1. The number of amides is 3. The molecule has 9 heteroatoms. The molecule has 24 heavy (non-hydrogen) atoms. The molecule has 128 valence electrons. The molecule has 7 nitrogen and oxygen atoms in total. The van der Waals surface area contributed by atoms with Gasteiger partial charge in [0.15, 0.2) is 18.2 Å². The summed E-state index contributed by atoms with van der Waals surface area (Å²) in [5, 5.41) is 3.75. The van der Waals surface area contributed by atoms with Gasteiger partial charge in [-0.3, -0.25) is 9.69 Å². The van der Waals surface area contributed by atoms with Crippen molar-refractivity contribution in [1.29, 1.82) is 0 Å². The van der Waals surface area contributed by atoms with E-state index in [0.717, 1.165) is 5.56 Å². The maximum absolute atomic E-state index is 12.9. The van der Waals surface area contributed by atoms with Crippen molar-refractivity contribution in [2.45, 2.75) is 18.8 Å². The van der Waals surface area contributed by atoms with Gasteiger partial charge in [-0.1, -0.05) is 29.3 Å². The summed E-state index contributed by atoms with van der Waals surface area (Å²) in [6.07, 6.45) is -0.525. The number of likely N-dealkylation sites (N-methyl/N-ethyl adjacent to an activating group) is 2. The van der Waals surface area contributed by atoms with Crippen molar-refractivity contribution >= 4 is 41.1 Å². The molecule has 2 unspecified atom stereocenters. The summed E-state index contributed by atoms with van der Waals surface area (Å²) < 4.78 is 0. The monoisotopic (exact) mass is 369 g/mol. The van der Waals surface area contributed by atoms with Crippen LogP contribution in [0.3, 0.4) is 0 Å². The molecular formula is C15H17Cl2N5O2. The molecule has 2 heterocycles. The summed E-state index contributed by atoms with van der Waals surface area (Å²) in [6, 6.07) is 4.12. The first-order valence-corrected chi connectivity index (χ1v) is 8.11. The van der Waals surface area contributed by atoms with Crippen LogP contribution in [0.5, 0.6) is 0 Å². The summed E-state index contributed by atoms with van der Waals surface area (Å²) in [6.45, 7) is 0.130. The first kappa shape index (κ1) is 16.9. The highest BCUT2D eigenvalue weighted by atomic mass is 35.5. The zero-order valence-electron chi connectivity index (χ0n) is 13.5. The quantitative estimate of drug-likeness (QED) is 0.859. The number of fused-ring (bicyclic) bond motifs is 1. The van der Waals surface area contributed by atoms with Gasteiger partial charge in [0, 0.05) is 21.1 Å². The molecule has 2 atom stereocenters. The van der Waals surface area contributed by atoms with Crippen molar-refractivity contribution in [2.75, 3.05) is 21.1 Å². The van der Waals surface area contributed by atoms with Gasteiger partial charge in [-0.15, -0.1) is 0 Å². The van der Waals surface area contributed by atoms with Crippen LogP contribution in [-0.2, 0) is 11.3 Å². The van der Waals surface area contributed by atoms with E-state index < -0.39 is 12.2 Å². The molecule has 3 rings (SSSR count). The lowest BCUT2D eigenvalue weighted by atomic mass is 10.1. The van der Waals surface area contributed by atoms with Gasteiger partial charge in [0.05, 0.1) is 16.6 Å². The molecule has 2 aliphatic heterocycles.